The quantitative estimate of drug-likeness (QED) is 0.400. The lowest BCUT2D eigenvalue weighted by Gasteiger charge is -2.16. The number of carboxylic acids is 2. The van der Waals surface area contributed by atoms with E-state index in [1.54, 1.807) is 0 Å². The van der Waals surface area contributed by atoms with E-state index >= 15 is 0 Å². The number of hydrogen-bond acceptors (Lipinski definition) is 6. The third-order valence-corrected chi connectivity index (χ3v) is 1.67. The van der Waals surface area contributed by atoms with E-state index in [0.29, 0.717) is 0 Å². The number of aliphatic carboxylic acids is 2. The second-order valence-corrected chi connectivity index (χ2v) is 3.04. The number of methoxy groups -OCH3 is 1. The molecule has 0 rings (SSSR count). The molecule has 0 aromatic heterocycles. The maximum absolute atomic E-state index is 11.4. The molecular weight excluding hydrogens is 220 g/mol. The van der Waals surface area contributed by atoms with Crippen molar-refractivity contribution in [2.24, 2.45) is 5.73 Å². The van der Waals surface area contributed by atoms with Crippen molar-refractivity contribution in [2.45, 2.75) is 18.5 Å². The third kappa shape index (κ3) is 5.27. The lowest BCUT2D eigenvalue weighted by molar-refractivity contribution is -0.144. The van der Waals surface area contributed by atoms with Gasteiger partial charge in [-0.1, -0.05) is 0 Å². The standard InChI is InChI=1S/C8H14N2O6/c1-16-3-5(8(14)15)10-7(13)4(9)2-6(11)12/h4-5H,2-3,9H2,1H3,(H,10,13)(H,11,12)(H,14,15)/t4?,5-/m0/s1/i/hD. The highest BCUT2D eigenvalue weighted by molar-refractivity contribution is 5.89. The molecule has 0 aliphatic carbocycles. The van der Waals surface area contributed by atoms with Crippen LogP contribution in [-0.2, 0) is 19.1 Å². The van der Waals surface area contributed by atoms with Gasteiger partial charge in [-0.3, -0.25) is 9.59 Å². The monoisotopic (exact) mass is 235 g/mol. The van der Waals surface area contributed by atoms with Crippen molar-refractivity contribution in [1.82, 2.24) is 5.32 Å². The number of carbonyl (C=O) groups excluding carboxylic acids is 1. The topological polar surface area (TPSA) is 139 Å². The Balaban J connectivity index is 4.30. The molecule has 0 radical (unpaired) electrons. The number of hydrogen-bond donors (Lipinski definition) is 4. The Labute approximate surface area is 92.9 Å². The molecule has 0 fully saturated rings. The van der Waals surface area contributed by atoms with E-state index in [1.165, 1.54) is 7.11 Å². The molecule has 0 bridgehead atoms. The van der Waals surface area contributed by atoms with Gasteiger partial charge in [-0.05, 0) is 0 Å². The zero-order valence-corrected chi connectivity index (χ0v) is 8.63. The fourth-order valence-corrected chi connectivity index (χ4v) is 0.892. The lowest BCUT2D eigenvalue weighted by Crippen LogP contribution is -2.50. The Kier molecular flexibility index (Phi) is 5.23. The predicted octanol–water partition coefficient (Wildman–Crippen LogP) is -2.00. The highest BCUT2D eigenvalue weighted by Gasteiger charge is 2.24. The molecule has 0 saturated heterocycles. The van der Waals surface area contributed by atoms with Gasteiger partial charge in [0.15, 0.2) is 6.04 Å². The van der Waals surface area contributed by atoms with Crippen LogP contribution in [0.5, 0.6) is 0 Å². The van der Waals surface area contributed by atoms with Crippen molar-refractivity contribution in [3.05, 3.63) is 0 Å². The minimum absolute atomic E-state index is 0.226. The van der Waals surface area contributed by atoms with Gasteiger partial charge < -0.3 is 26.0 Å². The number of rotatable bonds is 7. The van der Waals surface area contributed by atoms with Gasteiger partial charge in [0.05, 0.1) is 19.1 Å². The average molecular weight is 235 g/mol. The van der Waals surface area contributed by atoms with Crippen molar-refractivity contribution in [3.8, 4) is 0 Å². The summed E-state index contributed by atoms with van der Waals surface area (Å²) in [6.45, 7) is -0.226. The van der Waals surface area contributed by atoms with E-state index in [-0.39, 0.29) is 6.61 Å². The summed E-state index contributed by atoms with van der Waals surface area (Å²) in [5, 5.41) is 14.4. The predicted molar refractivity (Wildman–Crippen MR) is 51.7 cm³/mol. The summed E-state index contributed by atoms with van der Waals surface area (Å²) in [6, 6.07) is -2.52. The first-order valence-electron chi connectivity index (χ1n) is 4.76. The number of nitrogens with one attached hydrogen (secondary N) is 1. The van der Waals surface area contributed by atoms with Crippen LogP contribution >= 0.6 is 0 Å². The summed E-state index contributed by atoms with van der Waals surface area (Å²) in [7, 11) is 1.28. The molecule has 1 amide bonds. The first-order chi connectivity index (χ1) is 7.92. The second kappa shape index (κ2) is 6.75. The maximum Gasteiger partial charge on any atom is 0.328 e. The van der Waals surface area contributed by atoms with Gasteiger partial charge in [0.2, 0.25) is 5.91 Å². The van der Waals surface area contributed by atoms with E-state index in [2.05, 4.69) is 15.2 Å². The third-order valence-electron chi connectivity index (χ3n) is 1.67. The van der Waals surface area contributed by atoms with Crippen molar-refractivity contribution in [3.63, 3.8) is 0 Å². The molecule has 0 aliphatic rings. The fourth-order valence-electron chi connectivity index (χ4n) is 0.892. The van der Waals surface area contributed by atoms with Crippen molar-refractivity contribution < 1.29 is 29.3 Å². The minimum atomic E-state index is -1.28. The van der Waals surface area contributed by atoms with Gasteiger partial charge in [-0.2, -0.15) is 0 Å². The summed E-state index contributed by atoms with van der Waals surface area (Å²) in [6.07, 6.45) is -0.505. The number of carbonyl (C=O) groups is 3. The Morgan fingerprint density at radius 3 is 2.62 bits per heavy atom. The Hall–Kier alpha value is -1.67. The Bertz CT molecular complexity index is 298. The first-order valence-corrected chi connectivity index (χ1v) is 4.36. The summed E-state index contributed by atoms with van der Waals surface area (Å²) in [5.41, 5.74) is 5.31. The van der Waals surface area contributed by atoms with Crippen LogP contribution in [0.15, 0.2) is 0 Å². The lowest BCUT2D eigenvalue weighted by atomic mass is 10.2. The highest BCUT2D eigenvalue weighted by atomic mass is 16.5. The molecule has 92 valence electrons. The zero-order chi connectivity index (χ0) is 13.4. The van der Waals surface area contributed by atoms with Gasteiger partial charge >= 0.3 is 11.9 Å². The molecule has 8 nitrogen and oxygen atoms in total. The smallest absolute Gasteiger partial charge is 0.328 e. The van der Waals surface area contributed by atoms with E-state index in [1.807, 2.05) is 0 Å². The van der Waals surface area contributed by atoms with Crippen molar-refractivity contribution in [2.75, 3.05) is 13.7 Å². The zero-order valence-electron chi connectivity index (χ0n) is 9.63. The number of carboxylic acid groups (broad SMARTS) is 2. The molecule has 2 atom stereocenters. The SMILES string of the molecule is [2H]OC(=O)CC(N)C(=O)N[C@@H](COC)C(=O)O. The average Bonchev–Trinajstić information content (AvgIpc) is 2.27. The maximum atomic E-state index is 11.4. The van der Waals surface area contributed by atoms with Crippen LogP contribution in [0.4, 0.5) is 0 Å². The largest absolute Gasteiger partial charge is 0.481 e. The molecular formula is C8H14N2O6. The van der Waals surface area contributed by atoms with Crippen LogP contribution in [0.3, 0.4) is 0 Å². The number of nitrogens with two attached hydrogens (primary N) is 1. The second-order valence-electron chi connectivity index (χ2n) is 3.04. The molecule has 1 unspecified atom stereocenters. The molecule has 0 saturated carbocycles. The van der Waals surface area contributed by atoms with Gasteiger partial charge in [0, 0.05) is 7.11 Å². The molecule has 16 heavy (non-hydrogen) atoms. The van der Waals surface area contributed by atoms with Gasteiger partial charge in [0.1, 0.15) is 0 Å². The van der Waals surface area contributed by atoms with Crippen LogP contribution in [0, 0.1) is 0 Å². The Morgan fingerprint density at radius 2 is 2.19 bits per heavy atom. The molecule has 0 spiro atoms. The number of ether oxygens (including phenoxy) is 1. The summed E-state index contributed by atoms with van der Waals surface area (Å²) >= 11 is 0. The molecule has 0 aromatic carbocycles. The summed E-state index contributed by atoms with van der Waals surface area (Å²) in [4.78, 5) is 32.7. The van der Waals surface area contributed by atoms with E-state index < -0.39 is 36.4 Å². The van der Waals surface area contributed by atoms with Crippen LogP contribution in [0.25, 0.3) is 1.43 Å². The molecule has 0 aromatic rings. The fraction of sp³-hybridized carbons (Fsp3) is 0.625. The molecule has 0 aliphatic heterocycles. The van der Waals surface area contributed by atoms with Crippen LogP contribution in [0.2, 0.25) is 0 Å². The van der Waals surface area contributed by atoms with E-state index in [0.717, 1.165) is 0 Å². The van der Waals surface area contributed by atoms with Crippen LogP contribution < -0.4 is 11.1 Å². The van der Waals surface area contributed by atoms with Gasteiger partial charge in [-0.15, -0.1) is 0 Å². The van der Waals surface area contributed by atoms with Gasteiger partial charge in [0.25, 0.3) is 1.43 Å². The highest BCUT2D eigenvalue weighted by Crippen LogP contribution is 1.92. The van der Waals surface area contributed by atoms with E-state index in [4.69, 9.17) is 12.3 Å². The van der Waals surface area contributed by atoms with Crippen molar-refractivity contribution >= 4 is 17.8 Å². The normalized spacial score (nSPS) is 14.5. The molecule has 0 heterocycles. The molecule has 8 heteroatoms. The summed E-state index contributed by atoms with van der Waals surface area (Å²) in [5.74, 6) is -3.10. The van der Waals surface area contributed by atoms with Crippen molar-refractivity contribution in [1.29, 1.82) is 1.43 Å². The first kappa shape index (κ1) is 12.4. The van der Waals surface area contributed by atoms with Gasteiger partial charge in [-0.25, -0.2) is 4.79 Å². The Morgan fingerprint density at radius 1 is 1.56 bits per heavy atom. The number of amides is 1. The minimum Gasteiger partial charge on any atom is -0.481 e. The van der Waals surface area contributed by atoms with E-state index in [9.17, 15) is 14.4 Å². The molecule has 5 N–H and O–H groups in total. The van der Waals surface area contributed by atoms with Crippen LogP contribution in [0.1, 0.15) is 6.42 Å². The van der Waals surface area contributed by atoms with Crippen LogP contribution in [-0.4, -0.2) is 53.9 Å². The summed E-state index contributed by atoms with van der Waals surface area (Å²) < 4.78 is 10.9.